The van der Waals surface area contributed by atoms with Crippen LogP contribution in [0, 0.1) is 5.92 Å². The highest BCUT2D eigenvalue weighted by Crippen LogP contribution is 2.38. The maximum Gasteiger partial charge on any atom is 0.335 e. The first-order valence-electron chi connectivity index (χ1n) is 8.35. The van der Waals surface area contributed by atoms with E-state index >= 15 is 0 Å². The van der Waals surface area contributed by atoms with Crippen LogP contribution >= 0.6 is 0 Å². The lowest BCUT2D eigenvalue weighted by Gasteiger charge is -2.30. The summed E-state index contributed by atoms with van der Waals surface area (Å²) in [4.78, 5) is 22.9. The molecule has 2 atom stereocenters. The minimum absolute atomic E-state index is 0.0637. The summed E-state index contributed by atoms with van der Waals surface area (Å²) in [5.74, 6) is -0.157. The average molecular weight is 317 g/mol. The third-order valence-corrected chi connectivity index (χ3v) is 4.67. The maximum absolute atomic E-state index is 12.1. The van der Waals surface area contributed by atoms with E-state index in [9.17, 15) is 9.59 Å². The lowest BCUT2D eigenvalue weighted by Crippen LogP contribution is -2.42. The van der Waals surface area contributed by atoms with Gasteiger partial charge in [0.05, 0.1) is 11.7 Å². The fourth-order valence-corrected chi connectivity index (χ4v) is 3.13. The van der Waals surface area contributed by atoms with Gasteiger partial charge in [-0.25, -0.2) is 4.79 Å². The van der Waals surface area contributed by atoms with Crippen LogP contribution < -0.4 is 5.32 Å². The van der Waals surface area contributed by atoms with E-state index in [4.69, 9.17) is 9.84 Å². The van der Waals surface area contributed by atoms with Crippen LogP contribution in [0.1, 0.15) is 48.0 Å². The molecule has 0 spiro atoms. The van der Waals surface area contributed by atoms with Crippen LogP contribution in [0.4, 0.5) is 0 Å². The largest absolute Gasteiger partial charge is 0.478 e. The van der Waals surface area contributed by atoms with Crippen molar-refractivity contribution in [3.8, 4) is 0 Å². The number of aromatic carboxylic acids is 1. The number of carboxylic acid groups (broad SMARTS) is 1. The Morgan fingerprint density at radius 1 is 1.17 bits per heavy atom. The molecule has 2 aliphatic rings. The summed E-state index contributed by atoms with van der Waals surface area (Å²) < 4.78 is 5.77. The normalized spacial score (nSPS) is 24.2. The molecular weight excluding hydrogens is 294 g/mol. The van der Waals surface area contributed by atoms with Crippen LogP contribution in [0.2, 0.25) is 0 Å². The summed E-state index contributed by atoms with van der Waals surface area (Å²) in [6.45, 7) is 0.739. The lowest BCUT2D eigenvalue weighted by molar-refractivity contribution is -0.123. The number of rotatable bonds is 6. The summed E-state index contributed by atoms with van der Waals surface area (Å²) >= 11 is 0. The van der Waals surface area contributed by atoms with Crippen molar-refractivity contribution in [2.24, 2.45) is 5.92 Å². The lowest BCUT2D eigenvalue weighted by atomic mass is 9.99. The SMILES string of the molecule is O=C(CCc1ccc(C(=O)O)cc1)NC1CCOC(C2CC2)C1. The molecule has 1 heterocycles. The van der Waals surface area contributed by atoms with Gasteiger partial charge in [0, 0.05) is 19.1 Å². The minimum atomic E-state index is -0.931. The first-order valence-corrected chi connectivity index (χ1v) is 8.35. The number of hydrogen-bond acceptors (Lipinski definition) is 3. The average Bonchev–Trinajstić information content (AvgIpc) is 3.38. The molecule has 2 fully saturated rings. The van der Waals surface area contributed by atoms with Gasteiger partial charge in [0.2, 0.25) is 5.91 Å². The van der Waals surface area contributed by atoms with Gasteiger partial charge in [-0.2, -0.15) is 0 Å². The number of nitrogens with one attached hydrogen (secondary N) is 1. The molecule has 124 valence electrons. The quantitative estimate of drug-likeness (QED) is 0.845. The molecule has 1 saturated heterocycles. The number of aryl methyl sites for hydroxylation is 1. The fourth-order valence-electron chi connectivity index (χ4n) is 3.13. The zero-order chi connectivity index (χ0) is 16.2. The third kappa shape index (κ3) is 4.55. The number of ether oxygens (including phenoxy) is 1. The first-order chi connectivity index (χ1) is 11.1. The van der Waals surface area contributed by atoms with Gasteiger partial charge >= 0.3 is 5.97 Å². The molecule has 1 aliphatic heterocycles. The molecular formula is C18H23NO4. The molecule has 1 aromatic carbocycles. The first kappa shape index (κ1) is 16.0. The molecule has 0 bridgehead atoms. The van der Waals surface area contributed by atoms with Crippen LogP contribution in [0.25, 0.3) is 0 Å². The highest BCUT2D eigenvalue weighted by Gasteiger charge is 2.36. The number of carbonyl (C=O) groups is 2. The molecule has 0 radical (unpaired) electrons. The number of carbonyl (C=O) groups excluding carboxylic acids is 1. The van der Waals surface area contributed by atoms with Crippen LogP contribution in [0.3, 0.4) is 0 Å². The third-order valence-electron chi connectivity index (χ3n) is 4.67. The van der Waals surface area contributed by atoms with Crippen molar-refractivity contribution in [1.29, 1.82) is 0 Å². The molecule has 1 saturated carbocycles. The molecule has 2 N–H and O–H groups in total. The van der Waals surface area contributed by atoms with Crippen molar-refractivity contribution in [3.05, 3.63) is 35.4 Å². The van der Waals surface area contributed by atoms with Crippen molar-refractivity contribution < 1.29 is 19.4 Å². The van der Waals surface area contributed by atoms with E-state index < -0.39 is 5.97 Å². The Morgan fingerprint density at radius 3 is 2.57 bits per heavy atom. The van der Waals surface area contributed by atoms with Gasteiger partial charge < -0.3 is 15.2 Å². The topological polar surface area (TPSA) is 75.6 Å². The van der Waals surface area contributed by atoms with Crippen molar-refractivity contribution in [2.45, 2.75) is 50.7 Å². The molecule has 5 nitrogen and oxygen atoms in total. The minimum Gasteiger partial charge on any atom is -0.478 e. The predicted molar refractivity (Wildman–Crippen MR) is 85.4 cm³/mol. The number of amides is 1. The number of carboxylic acids is 1. The van der Waals surface area contributed by atoms with Crippen molar-refractivity contribution >= 4 is 11.9 Å². The Bertz CT molecular complexity index is 565. The van der Waals surface area contributed by atoms with E-state index in [2.05, 4.69) is 5.32 Å². The Labute approximate surface area is 136 Å². The van der Waals surface area contributed by atoms with Gasteiger partial charge in [-0.3, -0.25) is 4.79 Å². The summed E-state index contributed by atoms with van der Waals surface area (Å²) in [6.07, 6.45) is 5.73. The van der Waals surface area contributed by atoms with E-state index in [1.807, 2.05) is 0 Å². The monoisotopic (exact) mass is 317 g/mol. The fraction of sp³-hybridized carbons (Fsp3) is 0.556. The van der Waals surface area contributed by atoms with Crippen LogP contribution in [-0.2, 0) is 16.0 Å². The smallest absolute Gasteiger partial charge is 0.335 e. The highest BCUT2D eigenvalue weighted by molar-refractivity contribution is 5.87. The molecule has 1 aliphatic carbocycles. The second kappa shape index (κ2) is 7.13. The molecule has 1 aromatic rings. The summed E-state index contributed by atoms with van der Waals surface area (Å²) in [7, 11) is 0. The van der Waals surface area contributed by atoms with E-state index in [0.717, 1.165) is 25.0 Å². The van der Waals surface area contributed by atoms with Crippen molar-refractivity contribution in [2.75, 3.05) is 6.61 Å². The van der Waals surface area contributed by atoms with Gasteiger partial charge in [-0.1, -0.05) is 12.1 Å². The van der Waals surface area contributed by atoms with Gasteiger partial charge in [-0.15, -0.1) is 0 Å². The number of benzene rings is 1. The zero-order valence-corrected chi connectivity index (χ0v) is 13.2. The second-order valence-electron chi connectivity index (χ2n) is 6.54. The van der Waals surface area contributed by atoms with Gasteiger partial charge in [0.15, 0.2) is 0 Å². The standard InChI is InChI=1S/C18H23NO4/c20-17(8-3-12-1-4-14(5-2-12)18(21)22)19-15-9-10-23-16(11-15)13-6-7-13/h1-2,4-5,13,15-16H,3,6-11H2,(H,19,20)(H,21,22). The second-order valence-corrected chi connectivity index (χ2v) is 6.54. The summed E-state index contributed by atoms with van der Waals surface area (Å²) in [6, 6.07) is 6.93. The van der Waals surface area contributed by atoms with Crippen molar-refractivity contribution in [1.82, 2.24) is 5.32 Å². The van der Waals surface area contributed by atoms with E-state index in [0.29, 0.717) is 24.9 Å². The molecule has 3 rings (SSSR count). The zero-order valence-electron chi connectivity index (χ0n) is 13.2. The van der Waals surface area contributed by atoms with E-state index in [-0.39, 0.29) is 17.5 Å². The summed E-state index contributed by atoms with van der Waals surface area (Å²) in [5, 5.41) is 12.0. The molecule has 5 heteroatoms. The molecule has 2 unspecified atom stereocenters. The number of hydrogen-bond donors (Lipinski definition) is 2. The van der Waals surface area contributed by atoms with Crippen molar-refractivity contribution in [3.63, 3.8) is 0 Å². The van der Waals surface area contributed by atoms with Gasteiger partial charge in [-0.05, 0) is 55.7 Å². The van der Waals surface area contributed by atoms with E-state index in [1.165, 1.54) is 12.8 Å². The molecule has 1 amide bonds. The molecule has 0 aromatic heterocycles. The Hall–Kier alpha value is -1.88. The Morgan fingerprint density at radius 2 is 1.91 bits per heavy atom. The summed E-state index contributed by atoms with van der Waals surface area (Å²) in [5.41, 5.74) is 1.25. The predicted octanol–water partition coefficient (Wildman–Crippen LogP) is 2.39. The Kier molecular flexibility index (Phi) is 4.96. The molecule has 23 heavy (non-hydrogen) atoms. The highest BCUT2D eigenvalue weighted by atomic mass is 16.5. The van der Waals surface area contributed by atoms with Crippen LogP contribution in [0.5, 0.6) is 0 Å². The van der Waals surface area contributed by atoms with E-state index in [1.54, 1.807) is 24.3 Å². The van der Waals surface area contributed by atoms with Gasteiger partial charge in [0.25, 0.3) is 0 Å². The maximum atomic E-state index is 12.1. The van der Waals surface area contributed by atoms with Crippen LogP contribution in [-0.4, -0.2) is 35.7 Å². The van der Waals surface area contributed by atoms with Gasteiger partial charge in [0.1, 0.15) is 0 Å². The van der Waals surface area contributed by atoms with Crippen LogP contribution in [0.15, 0.2) is 24.3 Å². The Balaban J connectivity index is 1.42.